The van der Waals surface area contributed by atoms with Crippen molar-refractivity contribution in [3.63, 3.8) is 0 Å². The molecule has 0 aliphatic rings. The Morgan fingerprint density at radius 1 is 1.09 bits per heavy atom. The van der Waals surface area contributed by atoms with Gasteiger partial charge in [0.25, 0.3) is 0 Å². The number of hydrogen-bond acceptors (Lipinski definition) is 6. The number of benzene rings is 2. The van der Waals surface area contributed by atoms with Gasteiger partial charge in [-0.25, -0.2) is 0 Å². The molecule has 1 aromatic heterocycles. The van der Waals surface area contributed by atoms with Crippen LogP contribution < -0.4 is 15.0 Å². The Hall–Kier alpha value is -3.26. The zero-order valence-corrected chi connectivity index (χ0v) is 20.3. The normalized spacial score (nSPS) is 10.6. The first-order chi connectivity index (χ1) is 16.1. The predicted molar refractivity (Wildman–Crippen MR) is 136 cm³/mol. The van der Waals surface area contributed by atoms with Crippen molar-refractivity contribution >= 4 is 29.0 Å². The van der Waals surface area contributed by atoms with E-state index in [2.05, 4.69) is 65.1 Å². The molecule has 1 N–H and O–H groups in total. The maximum Gasteiger partial charge on any atom is 0.234 e. The second-order valence-corrected chi connectivity index (χ2v) is 8.16. The van der Waals surface area contributed by atoms with E-state index in [1.54, 1.807) is 6.08 Å². The van der Waals surface area contributed by atoms with E-state index in [1.165, 1.54) is 17.4 Å². The summed E-state index contributed by atoms with van der Waals surface area (Å²) in [6.45, 7) is 13.2. The van der Waals surface area contributed by atoms with Gasteiger partial charge in [-0.1, -0.05) is 17.8 Å². The van der Waals surface area contributed by atoms with E-state index in [0.717, 1.165) is 35.9 Å². The molecule has 0 unspecified atom stereocenters. The number of amides is 1. The standard InChI is InChI=1S/C25H31N5O2S/c1-5-17-30-24(19-9-13-21(14-10-19)29(6-2)7-3)27-28-25(30)33-18-23(31)26-20-11-15-22(16-12-20)32-8-4/h5,9-16H,1,6-8,17-18H2,2-4H3,(H,26,31). The van der Waals surface area contributed by atoms with Crippen LogP contribution in [0.4, 0.5) is 11.4 Å². The third-order valence-electron chi connectivity index (χ3n) is 5.06. The van der Waals surface area contributed by atoms with Gasteiger partial charge in [-0.3, -0.25) is 9.36 Å². The molecular weight excluding hydrogens is 434 g/mol. The van der Waals surface area contributed by atoms with Crippen LogP contribution in [-0.4, -0.2) is 46.1 Å². The predicted octanol–water partition coefficient (Wildman–Crippen LogP) is 5.11. The van der Waals surface area contributed by atoms with Crippen LogP contribution in [0.5, 0.6) is 5.75 Å². The van der Waals surface area contributed by atoms with Crippen molar-refractivity contribution in [2.75, 3.05) is 35.7 Å². The number of nitrogens with zero attached hydrogens (tertiary/aromatic N) is 4. The fourth-order valence-corrected chi connectivity index (χ4v) is 4.19. The Bertz CT molecular complexity index is 1040. The molecule has 0 radical (unpaired) electrons. The van der Waals surface area contributed by atoms with E-state index in [0.29, 0.717) is 18.3 Å². The summed E-state index contributed by atoms with van der Waals surface area (Å²) < 4.78 is 7.41. The van der Waals surface area contributed by atoms with Crippen molar-refractivity contribution < 1.29 is 9.53 Å². The Labute approximate surface area is 199 Å². The number of nitrogens with one attached hydrogen (secondary N) is 1. The molecule has 174 valence electrons. The van der Waals surface area contributed by atoms with Crippen LogP contribution in [0.3, 0.4) is 0 Å². The van der Waals surface area contributed by atoms with Gasteiger partial charge < -0.3 is 15.0 Å². The Morgan fingerprint density at radius 3 is 2.39 bits per heavy atom. The molecule has 0 saturated heterocycles. The highest BCUT2D eigenvalue weighted by Crippen LogP contribution is 2.26. The van der Waals surface area contributed by atoms with Crippen molar-refractivity contribution in [2.24, 2.45) is 0 Å². The van der Waals surface area contributed by atoms with Gasteiger partial charge in [0.2, 0.25) is 5.91 Å². The zero-order valence-electron chi connectivity index (χ0n) is 19.5. The first kappa shape index (κ1) is 24.4. The lowest BCUT2D eigenvalue weighted by atomic mass is 10.2. The Morgan fingerprint density at radius 2 is 1.79 bits per heavy atom. The van der Waals surface area contributed by atoms with Crippen LogP contribution in [-0.2, 0) is 11.3 Å². The van der Waals surface area contributed by atoms with E-state index in [9.17, 15) is 4.79 Å². The van der Waals surface area contributed by atoms with Crippen molar-refractivity contribution in [3.8, 4) is 17.1 Å². The van der Waals surface area contributed by atoms with Crippen LogP contribution in [0, 0.1) is 0 Å². The molecule has 0 aliphatic carbocycles. The Kier molecular flexibility index (Phi) is 8.95. The quantitative estimate of drug-likeness (QED) is 0.296. The number of carbonyl (C=O) groups excluding carboxylic acids is 1. The third-order valence-corrected chi connectivity index (χ3v) is 6.03. The number of thioether (sulfide) groups is 1. The van der Waals surface area contributed by atoms with Gasteiger partial charge in [0, 0.05) is 36.6 Å². The second kappa shape index (κ2) is 12.1. The molecule has 1 heterocycles. The monoisotopic (exact) mass is 465 g/mol. The highest BCUT2D eigenvalue weighted by atomic mass is 32.2. The molecule has 3 aromatic rings. The maximum absolute atomic E-state index is 12.5. The minimum atomic E-state index is -0.109. The van der Waals surface area contributed by atoms with Crippen LogP contribution >= 0.6 is 11.8 Å². The Balaban J connectivity index is 1.67. The number of rotatable bonds is 12. The molecule has 8 heteroatoms. The molecule has 0 aliphatic heterocycles. The molecule has 0 spiro atoms. The summed E-state index contributed by atoms with van der Waals surface area (Å²) in [5, 5.41) is 12.3. The summed E-state index contributed by atoms with van der Waals surface area (Å²) >= 11 is 1.35. The number of carbonyl (C=O) groups is 1. The minimum absolute atomic E-state index is 0.109. The van der Waals surface area contributed by atoms with Gasteiger partial charge in [0.15, 0.2) is 11.0 Å². The summed E-state index contributed by atoms with van der Waals surface area (Å²) in [6.07, 6.45) is 1.81. The number of ether oxygens (including phenoxy) is 1. The van der Waals surface area contributed by atoms with Crippen LogP contribution in [0.25, 0.3) is 11.4 Å². The smallest absolute Gasteiger partial charge is 0.234 e. The maximum atomic E-state index is 12.5. The molecule has 3 rings (SSSR count). The molecular formula is C25H31N5O2S. The first-order valence-corrected chi connectivity index (χ1v) is 12.1. The van der Waals surface area contributed by atoms with Crippen LogP contribution in [0.1, 0.15) is 20.8 Å². The highest BCUT2D eigenvalue weighted by molar-refractivity contribution is 7.99. The lowest BCUT2D eigenvalue weighted by Gasteiger charge is -2.21. The van der Waals surface area contributed by atoms with Gasteiger partial charge in [0.1, 0.15) is 5.75 Å². The molecule has 0 bridgehead atoms. The molecule has 0 saturated carbocycles. The molecule has 0 atom stereocenters. The first-order valence-electron chi connectivity index (χ1n) is 11.1. The van der Waals surface area contributed by atoms with Crippen molar-refractivity contribution in [1.29, 1.82) is 0 Å². The van der Waals surface area contributed by atoms with Gasteiger partial charge in [-0.05, 0) is 69.3 Å². The zero-order chi connectivity index (χ0) is 23.6. The van der Waals surface area contributed by atoms with E-state index >= 15 is 0 Å². The molecule has 0 fully saturated rings. The molecule has 2 aromatic carbocycles. The van der Waals surface area contributed by atoms with Gasteiger partial charge in [0.05, 0.1) is 12.4 Å². The SMILES string of the molecule is C=CCn1c(SCC(=O)Nc2ccc(OCC)cc2)nnc1-c1ccc(N(CC)CC)cc1. The van der Waals surface area contributed by atoms with Gasteiger partial charge >= 0.3 is 0 Å². The largest absolute Gasteiger partial charge is 0.494 e. The summed E-state index contributed by atoms with van der Waals surface area (Å²) in [5.41, 5.74) is 2.88. The number of aromatic nitrogens is 3. The topological polar surface area (TPSA) is 72.3 Å². The summed E-state index contributed by atoms with van der Waals surface area (Å²) in [4.78, 5) is 14.7. The van der Waals surface area contributed by atoms with Crippen molar-refractivity contribution in [1.82, 2.24) is 14.8 Å². The number of allylic oxidation sites excluding steroid dienone is 1. The van der Waals surface area contributed by atoms with Gasteiger partial charge in [-0.15, -0.1) is 16.8 Å². The molecule has 7 nitrogen and oxygen atoms in total. The van der Waals surface area contributed by atoms with E-state index in [-0.39, 0.29) is 11.7 Å². The summed E-state index contributed by atoms with van der Waals surface area (Å²) in [5.74, 6) is 1.65. The van der Waals surface area contributed by atoms with Crippen molar-refractivity contribution in [3.05, 3.63) is 61.2 Å². The molecule has 1 amide bonds. The van der Waals surface area contributed by atoms with Crippen LogP contribution in [0.2, 0.25) is 0 Å². The minimum Gasteiger partial charge on any atom is -0.494 e. The van der Waals surface area contributed by atoms with Gasteiger partial charge in [-0.2, -0.15) is 0 Å². The fourth-order valence-electron chi connectivity index (χ4n) is 3.44. The number of anilines is 2. The highest BCUT2D eigenvalue weighted by Gasteiger charge is 2.15. The third kappa shape index (κ3) is 6.38. The van der Waals surface area contributed by atoms with Crippen LogP contribution in [0.15, 0.2) is 66.3 Å². The lowest BCUT2D eigenvalue weighted by molar-refractivity contribution is -0.113. The second-order valence-electron chi connectivity index (χ2n) is 7.22. The van der Waals surface area contributed by atoms with E-state index < -0.39 is 0 Å². The van der Waals surface area contributed by atoms with E-state index in [4.69, 9.17) is 4.74 Å². The fraction of sp³-hybridized carbons (Fsp3) is 0.320. The summed E-state index contributed by atoms with van der Waals surface area (Å²) in [7, 11) is 0. The van der Waals surface area contributed by atoms with Crippen molar-refractivity contribution in [2.45, 2.75) is 32.5 Å². The average Bonchev–Trinajstić information content (AvgIpc) is 3.23. The summed E-state index contributed by atoms with van der Waals surface area (Å²) in [6, 6.07) is 15.7. The lowest BCUT2D eigenvalue weighted by Crippen LogP contribution is -2.21. The number of hydrogen-bond donors (Lipinski definition) is 1. The molecule has 33 heavy (non-hydrogen) atoms. The average molecular weight is 466 g/mol. The van der Waals surface area contributed by atoms with E-state index in [1.807, 2.05) is 35.8 Å².